The first-order chi connectivity index (χ1) is 15.3. The van der Waals surface area contributed by atoms with Gasteiger partial charge in [0.1, 0.15) is 11.2 Å². The second kappa shape index (κ2) is 6.83. The van der Waals surface area contributed by atoms with Gasteiger partial charge in [0.05, 0.1) is 17.8 Å². The number of fused-ring (bicyclic) bond motifs is 4. The molecule has 0 bridgehead atoms. The molecule has 3 nitrogen and oxygen atoms in total. The molecule has 0 spiro atoms. The van der Waals surface area contributed by atoms with Crippen LogP contribution >= 0.6 is 0 Å². The van der Waals surface area contributed by atoms with Gasteiger partial charge in [0.2, 0.25) is 0 Å². The topological polar surface area (TPSA) is 30.4 Å². The van der Waals surface area contributed by atoms with Gasteiger partial charge in [0, 0.05) is 27.3 Å². The molecule has 0 saturated heterocycles. The van der Waals surface area contributed by atoms with Crippen molar-refractivity contribution in [3.8, 4) is 22.4 Å². The van der Waals surface area contributed by atoms with E-state index in [4.69, 9.17) is 16.0 Å². The van der Waals surface area contributed by atoms with Crippen molar-refractivity contribution >= 4 is 38.5 Å². The highest BCUT2D eigenvalue weighted by atomic mass is 16.3. The summed E-state index contributed by atoms with van der Waals surface area (Å²) in [7, 11) is 0. The molecule has 0 aliphatic heterocycles. The summed E-state index contributed by atoms with van der Waals surface area (Å²) in [6.45, 7) is 7.67. The molecule has 0 N–H and O–H groups in total. The molecule has 0 aliphatic carbocycles. The minimum Gasteiger partial charge on any atom is -0.456 e. The minimum absolute atomic E-state index is 0.586. The first-order valence-electron chi connectivity index (χ1n) is 10.1. The predicted molar refractivity (Wildman–Crippen MR) is 126 cm³/mol. The fourth-order valence-electron chi connectivity index (χ4n) is 4.25. The maximum Gasteiger partial charge on any atom is 0.198 e. The zero-order chi connectivity index (χ0) is 20.8. The van der Waals surface area contributed by atoms with Crippen molar-refractivity contribution in [3.63, 3.8) is 0 Å². The SMILES string of the molecule is [C-]#[N+]c1ccc2c(oc3c(-c4ccc5ccccc5n4)cccc32)c1-c1ccccc1. The smallest absolute Gasteiger partial charge is 0.198 e. The fourth-order valence-corrected chi connectivity index (χ4v) is 4.25. The third-order valence-electron chi connectivity index (χ3n) is 5.70. The Balaban J connectivity index is 1.68. The highest BCUT2D eigenvalue weighted by molar-refractivity contribution is 6.15. The zero-order valence-corrected chi connectivity index (χ0v) is 16.5. The molecule has 2 aromatic heterocycles. The highest BCUT2D eigenvalue weighted by Crippen LogP contribution is 2.43. The number of pyridine rings is 1. The first kappa shape index (κ1) is 17.4. The van der Waals surface area contributed by atoms with E-state index < -0.39 is 0 Å². The molecule has 6 rings (SSSR count). The Morgan fingerprint density at radius 1 is 0.677 bits per heavy atom. The standard InChI is InChI=1S/C28H16N2O/c1-29-25-17-15-21-20-11-7-12-22(24-16-14-18-8-5-6-13-23(18)30-24)27(20)31-28(21)26(25)19-9-3-2-4-10-19/h2-17H. The quantitative estimate of drug-likeness (QED) is 0.277. The van der Waals surface area contributed by atoms with Crippen LogP contribution in [0.3, 0.4) is 0 Å². The van der Waals surface area contributed by atoms with Crippen molar-refractivity contribution in [2.75, 3.05) is 0 Å². The van der Waals surface area contributed by atoms with Gasteiger partial charge >= 0.3 is 0 Å². The summed E-state index contributed by atoms with van der Waals surface area (Å²) in [5, 5.41) is 3.14. The Kier molecular flexibility index (Phi) is 3.84. The molecule has 4 aromatic carbocycles. The van der Waals surface area contributed by atoms with Crippen molar-refractivity contribution in [1.29, 1.82) is 0 Å². The monoisotopic (exact) mass is 396 g/mol. The molecular weight excluding hydrogens is 380 g/mol. The molecule has 0 fully saturated rings. The molecule has 0 unspecified atom stereocenters. The van der Waals surface area contributed by atoms with Crippen molar-refractivity contribution in [2.45, 2.75) is 0 Å². The van der Waals surface area contributed by atoms with Crippen LogP contribution in [0.2, 0.25) is 0 Å². The number of benzene rings is 4. The summed E-state index contributed by atoms with van der Waals surface area (Å²) < 4.78 is 6.49. The third-order valence-corrected chi connectivity index (χ3v) is 5.70. The third kappa shape index (κ3) is 2.70. The van der Waals surface area contributed by atoms with E-state index in [0.29, 0.717) is 5.69 Å². The molecule has 0 radical (unpaired) electrons. The van der Waals surface area contributed by atoms with Gasteiger partial charge in [-0.2, -0.15) is 0 Å². The van der Waals surface area contributed by atoms with Gasteiger partial charge < -0.3 is 4.42 Å². The first-order valence-corrected chi connectivity index (χ1v) is 10.1. The Morgan fingerprint density at radius 3 is 2.35 bits per heavy atom. The van der Waals surface area contributed by atoms with E-state index in [9.17, 15) is 0 Å². The summed E-state index contributed by atoms with van der Waals surface area (Å²) in [5.74, 6) is 0. The second-order valence-corrected chi connectivity index (χ2v) is 7.49. The lowest BCUT2D eigenvalue weighted by Crippen LogP contribution is -1.85. The molecule has 3 heteroatoms. The van der Waals surface area contributed by atoms with Gasteiger partial charge in [-0.25, -0.2) is 9.83 Å². The Labute approximate surface area is 179 Å². The Bertz CT molecular complexity index is 1640. The minimum atomic E-state index is 0.586. The van der Waals surface area contributed by atoms with Crippen LogP contribution in [0.5, 0.6) is 0 Å². The number of nitrogens with zero attached hydrogens (tertiary/aromatic N) is 2. The average Bonchev–Trinajstić information content (AvgIpc) is 3.22. The van der Waals surface area contributed by atoms with Gasteiger partial charge in [-0.15, -0.1) is 0 Å². The Hall–Kier alpha value is -4.42. The van der Waals surface area contributed by atoms with Crippen LogP contribution in [0.15, 0.2) is 101 Å². The normalized spacial score (nSPS) is 11.2. The van der Waals surface area contributed by atoms with E-state index in [0.717, 1.165) is 55.2 Å². The van der Waals surface area contributed by atoms with E-state index in [1.807, 2.05) is 78.9 Å². The van der Waals surface area contributed by atoms with Crippen molar-refractivity contribution < 1.29 is 4.42 Å². The van der Waals surface area contributed by atoms with Crippen molar-refractivity contribution in [1.82, 2.24) is 4.98 Å². The lowest BCUT2D eigenvalue weighted by atomic mass is 9.99. The van der Waals surface area contributed by atoms with E-state index in [1.54, 1.807) is 0 Å². The molecule has 0 saturated carbocycles. The number of hydrogen-bond donors (Lipinski definition) is 0. The van der Waals surface area contributed by atoms with Crippen LogP contribution in [0.4, 0.5) is 5.69 Å². The lowest BCUT2D eigenvalue weighted by Gasteiger charge is -2.05. The van der Waals surface area contributed by atoms with Crippen molar-refractivity contribution in [2.24, 2.45) is 0 Å². The van der Waals surface area contributed by atoms with Crippen molar-refractivity contribution in [3.05, 3.63) is 108 Å². The van der Waals surface area contributed by atoms with Gasteiger partial charge in [-0.3, -0.25) is 0 Å². The van der Waals surface area contributed by atoms with Gasteiger partial charge in [0.25, 0.3) is 0 Å². The summed E-state index contributed by atoms with van der Waals surface area (Å²) >= 11 is 0. The van der Waals surface area contributed by atoms with Crippen LogP contribution in [-0.2, 0) is 0 Å². The van der Waals surface area contributed by atoms with Crippen LogP contribution in [-0.4, -0.2) is 4.98 Å². The molecular formula is C28H16N2O. The highest BCUT2D eigenvalue weighted by Gasteiger charge is 2.18. The number of rotatable bonds is 2. The van der Waals surface area contributed by atoms with E-state index in [-0.39, 0.29) is 0 Å². The summed E-state index contributed by atoms with van der Waals surface area (Å²) in [6.07, 6.45) is 0. The maximum atomic E-state index is 7.67. The summed E-state index contributed by atoms with van der Waals surface area (Å²) in [6, 6.07) is 32.2. The number of furan rings is 1. The lowest BCUT2D eigenvalue weighted by molar-refractivity contribution is 0.671. The molecule has 0 amide bonds. The molecule has 0 aliphatic rings. The number of para-hydroxylation sites is 2. The summed E-state index contributed by atoms with van der Waals surface area (Å²) in [4.78, 5) is 8.63. The molecule has 31 heavy (non-hydrogen) atoms. The van der Waals surface area contributed by atoms with Crippen LogP contribution in [0, 0.1) is 6.57 Å². The maximum absolute atomic E-state index is 7.67. The zero-order valence-electron chi connectivity index (χ0n) is 16.5. The van der Waals surface area contributed by atoms with Gasteiger partial charge in [-0.1, -0.05) is 78.9 Å². The van der Waals surface area contributed by atoms with E-state index in [2.05, 4.69) is 23.0 Å². The average molecular weight is 396 g/mol. The van der Waals surface area contributed by atoms with E-state index in [1.165, 1.54) is 0 Å². The summed E-state index contributed by atoms with van der Waals surface area (Å²) in [5.41, 5.74) is 6.70. The Morgan fingerprint density at radius 2 is 1.48 bits per heavy atom. The largest absolute Gasteiger partial charge is 0.456 e. The van der Waals surface area contributed by atoms with E-state index >= 15 is 0 Å². The van der Waals surface area contributed by atoms with Crippen LogP contribution in [0.1, 0.15) is 0 Å². The van der Waals surface area contributed by atoms with Gasteiger partial charge in [0.15, 0.2) is 5.69 Å². The molecule has 144 valence electrons. The second-order valence-electron chi connectivity index (χ2n) is 7.49. The molecule has 6 aromatic rings. The predicted octanol–water partition coefficient (Wildman–Crippen LogP) is 8.02. The van der Waals surface area contributed by atoms with Gasteiger partial charge in [-0.05, 0) is 23.8 Å². The number of hydrogen-bond acceptors (Lipinski definition) is 2. The molecule has 0 atom stereocenters. The fraction of sp³-hybridized carbons (Fsp3) is 0. The molecule has 2 heterocycles. The van der Waals surface area contributed by atoms with Crippen LogP contribution in [0.25, 0.3) is 60.1 Å². The number of aromatic nitrogens is 1. The van der Waals surface area contributed by atoms with Crippen LogP contribution < -0.4 is 0 Å².